The van der Waals surface area contributed by atoms with Crippen molar-refractivity contribution in [2.75, 3.05) is 13.8 Å². The molecule has 0 saturated heterocycles. The van der Waals surface area contributed by atoms with Crippen LogP contribution in [0.25, 0.3) is 0 Å². The van der Waals surface area contributed by atoms with Crippen LogP contribution < -0.4 is 5.73 Å². The van der Waals surface area contributed by atoms with E-state index in [1.807, 2.05) is 0 Å². The summed E-state index contributed by atoms with van der Waals surface area (Å²) in [5.41, 5.74) is 5.37. The normalized spacial score (nSPS) is 12.3. The summed E-state index contributed by atoms with van der Waals surface area (Å²) in [5, 5.41) is 0. The Morgan fingerprint density at radius 1 is 1.60 bits per heavy atom. The predicted octanol–water partition coefficient (Wildman–Crippen LogP) is -0.474. The lowest BCUT2D eigenvalue weighted by Gasteiger charge is -2.00. The molecule has 10 heavy (non-hydrogen) atoms. The molecular formula is C6H13N2O2+. The number of rotatable bonds is 2. The molecule has 4 nitrogen and oxygen atoms in total. The molecule has 0 aliphatic rings. The van der Waals surface area contributed by atoms with Crippen molar-refractivity contribution in [3.8, 4) is 0 Å². The number of nitrogens with zero attached hydrogens (tertiary/aromatic N) is 1. The molecule has 0 unspecified atom stereocenters. The second-order valence-electron chi connectivity index (χ2n) is 2.10. The minimum atomic E-state index is -0.298. The van der Waals surface area contributed by atoms with Crippen LogP contribution >= 0.6 is 0 Å². The highest BCUT2D eigenvalue weighted by atomic mass is 16.5. The fourth-order valence-electron chi connectivity index (χ4n) is 0.290. The zero-order valence-electron chi connectivity index (χ0n) is 6.55. The van der Waals surface area contributed by atoms with Crippen LogP contribution in [0.5, 0.6) is 0 Å². The average Bonchev–Trinajstić information content (AvgIpc) is 1.82. The molecule has 4 heteroatoms. The molecule has 0 amide bonds. The number of carbonyl (C=O) groups excluding carboxylic acids is 1. The number of nitrogens with two attached hydrogens (primary N) is 1. The van der Waals surface area contributed by atoms with Gasteiger partial charge in [0.15, 0.2) is 0 Å². The van der Waals surface area contributed by atoms with Crippen LogP contribution in [0.2, 0.25) is 0 Å². The lowest BCUT2D eigenvalue weighted by atomic mass is 10.7. The van der Waals surface area contributed by atoms with Gasteiger partial charge >= 0.3 is 5.97 Å². The first-order chi connectivity index (χ1) is 4.54. The smallest absolute Gasteiger partial charge is 0.305 e. The summed E-state index contributed by atoms with van der Waals surface area (Å²) in [6.07, 6.45) is 0. The number of esters is 1. The quantitative estimate of drug-likeness (QED) is 0.188. The van der Waals surface area contributed by atoms with Crippen LogP contribution in [0.3, 0.4) is 0 Å². The standard InChI is InChI=1S/C6H12N2O2/c1-5(7)8(3)4-10-6(2)9/h7H,4H2,1-3H3/p+1. The zero-order chi connectivity index (χ0) is 8.15. The van der Waals surface area contributed by atoms with E-state index in [-0.39, 0.29) is 12.7 Å². The minimum absolute atomic E-state index is 0.220. The van der Waals surface area contributed by atoms with E-state index in [0.29, 0.717) is 5.84 Å². The van der Waals surface area contributed by atoms with Crippen molar-refractivity contribution < 1.29 is 14.1 Å². The minimum Gasteiger partial charge on any atom is -0.425 e. The Balaban J connectivity index is 3.71. The monoisotopic (exact) mass is 145 g/mol. The number of hydrogen-bond donors (Lipinski definition) is 1. The molecule has 0 heterocycles. The molecule has 0 saturated carbocycles. The molecule has 0 fully saturated rings. The Morgan fingerprint density at radius 3 is 2.40 bits per heavy atom. The Bertz CT molecular complexity index is 159. The van der Waals surface area contributed by atoms with E-state index in [0.717, 1.165) is 0 Å². The summed E-state index contributed by atoms with van der Waals surface area (Å²) in [4.78, 5) is 10.3. The van der Waals surface area contributed by atoms with E-state index < -0.39 is 0 Å². The van der Waals surface area contributed by atoms with Gasteiger partial charge in [0.25, 0.3) is 0 Å². The summed E-state index contributed by atoms with van der Waals surface area (Å²) >= 11 is 0. The van der Waals surface area contributed by atoms with Crippen molar-refractivity contribution in [1.29, 1.82) is 0 Å². The SMILES string of the molecule is CC(=O)OC/[N+](C)=C(/C)N. The van der Waals surface area contributed by atoms with Gasteiger partial charge in [0.1, 0.15) is 0 Å². The van der Waals surface area contributed by atoms with Crippen LogP contribution in [0, 0.1) is 0 Å². The van der Waals surface area contributed by atoms with Gasteiger partial charge in [0, 0.05) is 13.8 Å². The van der Waals surface area contributed by atoms with Gasteiger partial charge in [-0.15, -0.1) is 0 Å². The van der Waals surface area contributed by atoms with E-state index in [1.54, 1.807) is 18.5 Å². The molecular weight excluding hydrogens is 132 g/mol. The lowest BCUT2D eigenvalue weighted by molar-refractivity contribution is -0.535. The molecule has 0 atom stereocenters. The third-order valence-corrected chi connectivity index (χ3v) is 1.06. The first-order valence-corrected chi connectivity index (χ1v) is 2.97. The summed E-state index contributed by atoms with van der Waals surface area (Å²) < 4.78 is 6.29. The largest absolute Gasteiger partial charge is 0.425 e. The second kappa shape index (κ2) is 3.87. The van der Waals surface area contributed by atoms with Crippen molar-refractivity contribution in [3.63, 3.8) is 0 Å². The number of hydrogen-bond acceptors (Lipinski definition) is 2. The van der Waals surface area contributed by atoms with E-state index in [4.69, 9.17) is 5.73 Å². The molecule has 0 bridgehead atoms. The average molecular weight is 145 g/mol. The van der Waals surface area contributed by atoms with Gasteiger partial charge in [-0.2, -0.15) is 0 Å². The third-order valence-electron chi connectivity index (χ3n) is 1.06. The summed E-state index contributed by atoms with van der Waals surface area (Å²) in [5.74, 6) is 0.328. The highest BCUT2D eigenvalue weighted by Gasteiger charge is 1.98. The maximum atomic E-state index is 10.3. The van der Waals surface area contributed by atoms with E-state index in [2.05, 4.69) is 4.74 Å². The van der Waals surface area contributed by atoms with Gasteiger partial charge in [-0.1, -0.05) is 0 Å². The topological polar surface area (TPSA) is 55.3 Å². The predicted molar refractivity (Wildman–Crippen MR) is 37.7 cm³/mol. The van der Waals surface area contributed by atoms with E-state index in [1.165, 1.54) is 6.92 Å². The van der Waals surface area contributed by atoms with Gasteiger partial charge in [0.2, 0.25) is 12.6 Å². The van der Waals surface area contributed by atoms with Crippen LogP contribution in [-0.4, -0.2) is 30.2 Å². The van der Waals surface area contributed by atoms with Crippen LogP contribution in [0.15, 0.2) is 0 Å². The van der Waals surface area contributed by atoms with Gasteiger partial charge < -0.3 is 4.74 Å². The van der Waals surface area contributed by atoms with Crippen LogP contribution in [-0.2, 0) is 9.53 Å². The molecule has 0 aromatic heterocycles. The first kappa shape index (κ1) is 8.94. The van der Waals surface area contributed by atoms with Crippen LogP contribution in [0.4, 0.5) is 0 Å². The number of ether oxygens (including phenoxy) is 1. The molecule has 2 N–H and O–H groups in total. The molecule has 0 spiro atoms. The van der Waals surface area contributed by atoms with Crippen LogP contribution in [0.1, 0.15) is 13.8 Å². The highest BCUT2D eigenvalue weighted by molar-refractivity contribution is 5.72. The van der Waals surface area contributed by atoms with Crippen molar-refractivity contribution in [2.45, 2.75) is 13.8 Å². The Hall–Kier alpha value is -1.06. The Labute approximate surface area is 60.3 Å². The van der Waals surface area contributed by atoms with Gasteiger partial charge in [-0.05, 0) is 0 Å². The summed E-state index contributed by atoms with van der Waals surface area (Å²) in [6, 6.07) is 0. The van der Waals surface area contributed by atoms with Crippen molar-refractivity contribution in [1.82, 2.24) is 0 Å². The fourth-order valence-corrected chi connectivity index (χ4v) is 0.290. The van der Waals surface area contributed by atoms with Crippen molar-refractivity contribution in [2.24, 2.45) is 5.73 Å². The Kier molecular flexibility index (Phi) is 3.46. The maximum Gasteiger partial charge on any atom is 0.305 e. The second-order valence-corrected chi connectivity index (χ2v) is 2.10. The number of amidine groups is 1. The lowest BCUT2D eigenvalue weighted by Crippen LogP contribution is -2.25. The molecule has 0 aromatic carbocycles. The first-order valence-electron chi connectivity index (χ1n) is 2.97. The van der Waals surface area contributed by atoms with E-state index >= 15 is 0 Å². The van der Waals surface area contributed by atoms with E-state index in [9.17, 15) is 4.79 Å². The van der Waals surface area contributed by atoms with Crippen molar-refractivity contribution >= 4 is 11.8 Å². The van der Waals surface area contributed by atoms with Gasteiger partial charge in [-0.25, -0.2) is 4.58 Å². The molecule has 0 aliphatic heterocycles. The highest BCUT2D eigenvalue weighted by Crippen LogP contribution is 1.76. The molecule has 0 aliphatic carbocycles. The summed E-state index contributed by atoms with van der Waals surface area (Å²) in [6.45, 7) is 3.32. The Morgan fingerprint density at radius 2 is 2.10 bits per heavy atom. The summed E-state index contributed by atoms with van der Waals surface area (Å²) in [7, 11) is 1.75. The number of carbonyl (C=O) groups is 1. The van der Waals surface area contributed by atoms with Gasteiger partial charge in [0.05, 0.1) is 7.05 Å². The van der Waals surface area contributed by atoms with Crippen molar-refractivity contribution in [3.05, 3.63) is 0 Å². The molecule has 0 rings (SSSR count). The maximum absolute atomic E-state index is 10.3. The zero-order valence-corrected chi connectivity index (χ0v) is 6.55. The molecule has 0 radical (unpaired) electrons. The fraction of sp³-hybridized carbons (Fsp3) is 0.667. The molecule has 0 aromatic rings. The molecule has 58 valence electrons. The third kappa shape index (κ3) is 3.88. The van der Waals surface area contributed by atoms with Gasteiger partial charge in [-0.3, -0.25) is 10.5 Å².